The number of urea groups is 1. The number of likely N-dealkylation sites (N-methyl/N-ethyl adjacent to an activating group) is 1. The number of rotatable bonds is 5. The van der Waals surface area contributed by atoms with Crippen LogP contribution in [0.5, 0.6) is 11.5 Å². The zero-order valence-electron chi connectivity index (χ0n) is 21.2. The van der Waals surface area contributed by atoms with E-state index >= 15 is 0 Å². The van der Waals surface area contributed by atoms with E-state index in [1.807, 2.05) is 60.4 Å². The van der Waals surface area contributed by atoms with Gasteiger partial charge in [-0.25, -0.2) is 4.79 Å². The van der Waals surface area contributed by atoms with Gasteiger partial charge < -0.3 is 25.6 Å². The summed E-state index contributed by atoms with van der Waals surface area (Å²) in [6.45, 7) is 4.73. The molecule has 3 amide bonds. The van der Waals surface area contributed by atoms with Crippen molar-refractivity contribution in [3.63, 3.8) is 0 Å². The Hall–Kier alpha value is -3.01. The highest BCUT2D eigenvalue weighted by Crippen LogP contribution is 2.48. The summed E-state index contributed by atoms with van der Waals surface area (Å²) in [7, 11) is 2.09. The van der Waals surface area contributed by atoms with Crippen molar-refractivity contribution < 1.29 is 14.3 Å². The molecule has 8 nitrogen and oxygen atoms in total. The number of hydrogen-bond acceptors (Lipinski definition) is 6. The minimum absolute atomic E-state index is 0.0202. The molecule has 3 N–H and O–H groups in total. The molecule has 2 aromatic carbocycles. The van der Waals surface area contributed by atoms with Crippen molar-refractivity contribution in [1.29, 1.82) is 0 Å². The molecule has 3 saturated heterocycles. The van der Waals surface area contributed by atoms with Crippen LogP contribution in [0.1, 0.15) is 24.8 Å². The van der Waals surface area contributed by atoms with E-state index in [1.165, 1.54) is 0 Å². The van der Waals surface area contributed by atoms with Crippen LogP contribution in [0.15, 0.2) is 59.1 Å². The van der Waals surface area contributed by atoms with Crippen molar-refractivity contribution in [2.45, 2.75) is 43.6 Å². The smallest absolute Gasteiger partial charge is 0.326 e. The largest absolute Gasteiger partial charge is 0.457 e. The van der Waals surface area contributed by atoms with Gasteiger partial charge in [0.2, 0.25) is 0 Å². The summed E-state index contributed by atoms with van der Waals surface area (Å²) < 4.78 is 6.00. The van der Waals surface area contributed by atoms with Gasteiger partial charge >= 0.3 is 6.03 Å². The molecule has 6 rings (SSSR count). The van der Waals surface area contributed by atoms with Crippen LogP contribution < -0.4 is 25.6 Å². The maximum Gasteiger partial charge on any atom is 0.326 e. The van der Waals surface area contributed by atoms with Crippen LogP contribution in [0, 0.1) is 12.8 Å². The molecule has 0 saturated carbocycles. The Balaban J connectivity index is 1.24. The maximum atomic E-state index is 13.5. The molecule has 37 heavy (non-hydrogen) atoms. The molecule has 4 aliphatic heterocycles. The molecular formula is C28H33N5O3S. The zero-order valence-corrected chi connectivity index (χ0v) is 22.0. The van der Waals surface area contributed by atoms with Crippen LogP contribution in [0.4, 0.5) is 10.5 Å². The second-order valence-electron chi connectivity index (χ2n) is 10.4. The number of nitrogens with one attached hydrogen (secondary N) is 3. The van der Waals surface area contributed by atoms with E-state index in [1.54, 1.807) is 11.8 Å². The highest BCUT2D eigenvalue weighted by atomic mass is 32.2. The molecule has 0 bridgehead atoms. The first-order valence-corrected chi connectivity index (χ1v) is 13.9. The quantitative estimate of drug-likeness (QED) is 0.557. The third kappa shape index (κ3) is 4.71. The summed E-state index contributed by atoms with van der Waals surface area (Å²) in [4.78, 5) is 31.7. The van der Waals surface area contributed by atoms with Crippen LogP contribution in [-0.2, 0) is 4.79 Å². The molecular weight excluding hydrogens is 486 g/mol. The van der Waals surface area contributed by atoms with Gasteiger partial charge in [-0.15, -0.1) is 0 Å². The second kappa shape index (κ2) is 10.0. The number of piperidine rings is 2. The fourth-order valence-corrected chi connectivity index (χ4v) is 7.42. The van der Waals surface area contributed by atoms with E-state index in [-0.39, 0.29) is 35.3 Å². The molecule has 4 aliphatic rings. The topological polar surface area (TPSA) is 85.9 Å². The lowest BCUT2D eigenvalue weighted by Crippen LogP contribution is -2.62. The number of nitrogens with zero attached hydrogens (tertiary/aromatic N) is 2. The SMILES string of the molecule is Cc1cc(Oc2ccccc2)ccc1N1C(=O)NC2=C(C(=O)N[C@@H]3CCCN(C)C3)SC3NCCC1C23. The van der Waals surface area contributed by atoms with Crippen LogP contribution in [0.2, 0.25) is 0 Å². The molecule has 4 heterocycles. The van der Waals surface area contributed by atoms with E-state index in [0.29, 0.717) is 4.91 Å². The average molecular weight is 520 g/mol. The lowest BCUT2D eigenvalue weighted by atomic mass is 9.86. The summed E-state index contributed by atoms with van der Waals surface area (Å²) in [5.41, 5.74) is 2.61. The Morgan fingerprint density at radius 1 is 1.14 bits per heavy atom. The van der Waals surface area contributed by atoms with E-state index in [9.17, 15) is 9.59 Å². The van der Waals surface area contributed by atoms with E-state index in [0.717, 1.165) is 67.3 Å². The van der Waals surface area contributed by atoms with Crippen LogP contribution in [-0.4, -0.2) is 61.0 Å². The number of anilines is 1. The van der Waals surface area contributed by atoms with Gasteiger partial charge in [0, 0.05) is 29.9 Å². The molecule has 4 atom stereocenters. The summed E-state index contributed by atoms with van der Waals surface area (Å²) in [6, 6.07) is 15.5. The van der Waals surface area contributed by atoms with Gasteiger partial charge in [0.15, 0.2) is 0 Å². The summed E-state index contributed by atoms with van der Waals surface area (Å²) >= 11 is 1.56. The number of para-hydroxylation sites is 1. The molecule has 194 valence electrons. The summed E-state index contributed by atoms with van der Waals surface area (Å²) in [6.07, 6.45) is 2.89. The number of carbonyl (C=O) groups is 2. The third-order valence-corrected chi connectivity index (χ3v) is 9.07. The Labute approximate surface area is 221 Å². The third-order valence-electron chi connectivity index (χ3n) is 7.71. The predicted molar refractivity (Wildman–Crippen MR) is 146 cm³/mol. The number of thioether (sulfide) groups is 1. The maximum absolute atomic E-state index is 13.5. The summed E-state index contributed by atoms with van der Waals surface area (Å²) in [5, 5.41) is 9.99. The molecule has 2 aromatic rings. The van der Waals surface area contributed by atoms with E-state index < -0.39 is 0 Å². The van der Waals surface area contributed by atoms with Gasteiger partial charge in [-0.3, -0.25) is 9.69 Å². The van der Waals surface area contributed by atoms with Crippen LogP contribution in [0.3, 0.4) is 0 Å². The molecule has 0 radical (unpaired) electrons. The van der Waals surface area contributed by atoms with Crippen molar-refractivity contribution in [1.82, 2.24) is 20.9 Å². The van der Waals surface area contributed by atoms with Gasteiger partial charge in [-0.2, -0.15) is 0 Å². The van der Waals surface area contributed by atoms with Gasteiger partial charge in [0.1, 0.15) is 11.5 Å². The van der Waals surface area contributed by atoms with Gasteiger partial charge in [0.25, 0.3) is 5.91 Å². The Morgan fingerprint density at radius 2 is 1.97 bits per heavy atom. The number of likely N-dealkylation sites (tertiary alicyclic amines) is 1. The van der Waals surface area contributed by atoms with Gasteiger partial charge in [-0.1, -0.05) is 30.0 Å². The second-order valence-corrected chi connectivity index (χ2v) is 11.5. The van der Waals surface area contributed by atoms with Crippen LogP contribution in [0.25, 0.3) is 0 Å². The van der Waals surface area contributed by atoms with Crippen molar-refractivity contribution in [3.8, 4) is 11.5 Å². The first-order valence-electron chi connectivity index (χ1n) is 13.1. The van der Waals surface area contributed by atoms with Crippen molar-refractivity contribution >= 4 is 29.4 Å². The highest BCUT2D eigenvalue weighted by Gasteiger charge is 2.52. The lowest BCUT2D eigenvalue weighted by molar-refractivity contribution is -0.117. The molecule has 0 spiro atoms. The zero-order chi connectivity index (χ0) is 25.5. The average Bonchev–Trinajstić information content (AvgIpc) is 3.25. The lowest BCUT2D eigenvalue weighted by Gasteiger charge is -2.46. The van der Waals surface area contributed by atoms with Crippen molar-refractivity contribution in [2.24, 2.45) is 5.92 Å². The van der Waals surface area contributed by atoms with E-state index in [2.05, 4.69) is 27.9 Å². The summed E-state index contributed by atoms with van der Waals surface area (Å²) in [5.74, 6) is 1.47. The Kier molecular flexibility index (Phi) is 6.60. The van der Waals surface area contributed by atoms with Crippen molar-refractivity contribution in [2.75, 3.05) is 31.6 Å². The molecule has 9 heteroatoms. The number of hydrogen-bond donors (Lipinski definition) is 3. The highest BCUT2D eigenvalue weighted by molar-refractivity contribution is 8.04. The monoisotopic (exact) mass is 519 g/mol. The predicted octanol–water partition coefficient (Wildman–Crippen LogP) is 3.79. The van der Waals surface area contributed by atoms with Crippen molar-refractivity contribution in [3.05, 3.63) is 64.7 Å². The Morgan fingerprint density at radius 3 is 2.76 bits per heavy atom. The minimum Gasteiger partial charge on any atom is -0.457 e. The molecule has 0 aliphatic carbocycles. The number of ether oxygens (including phenoxy) is 1. The number of aryl methyl sites for hydroxylation is 1. The first kappa shape index (κ1) is 24.3. The molecule has 0 aromatic heterocycles. The van der Waals surface area contributed by atoms with E-state index in [4.69, 9.17) is 4.74 Å². The number of carbonyl (C=O) groups excluding carboxylic acids is 2. The van der Waals surface area contributed by atoms with Crippen LogP contribution >= 0.6 is 11.8 Å². The minimum atomic E-state index is -0.179. The number of benzene rings is 2. The Bertz CT molecular complexity index is 1240. The number of amides is 3. The normalized spacial score (nSPS) is 27.5. The van der Waals surface area contributed by atoms with Gasteiger partial charge in [-0.05, 0) is 82.2 Å². The van der Waals surface area contributed by atoms with Gasteiger partial charge in [0.05, 0.1) is 16.3 Å². The standard InChI is InChI=1S/C28H33N5O3S/c1-17-15-20(36-19-8-4-3-5-9-19)10-11-21(17)33-22-12-13-29-27-23(22)24(31-28(33)35)25(37-27)26(34)30-18-7-6-14-32(2)16-18/h3-5,8-11,15,18,22-23,27,29H,6-7,12-14,16H2,1-2H3,(H,30,34)(H,31,35)/t18-,22?,23?,27?/m1/s1. The molecule has 3 fully saturated rings. The molecule has 3 unspecified atom stereocenters. The fraction of sp³-hybridized carbons (Fsp3) is 0.429. The first-order chi connectivity index (χ1) is 18.0. The fourth-order valence-electron chi connectivity index (χ4n) is 6.02.